The first-order valence-corrected chi connectivity index (χ1v) is 10.3. The maximum Gasteiger partial charge on any atom is 0.573 e. The van der Waals surface area contributed by atoms with Crippen LogP contribution < -0.4 is 14.2 Å². The molecule has 2 aromatic carbocycles. The summed E-state index contributed by atoms with van der Waals surface area (Å²) >= 11 is 0. The maximum absolute atomic E-state index is 12.8. The normalized spacial score (nSPS) is 18.4. The Morgan fingerprint density at radius 3 is 2.10 bits per heavy atom. The van der Waals surface area contributed by atoms with Gasteiger partial charge in [0.1, 0.15) is 23.0 Å². The maximum atomic E-state index is 12.8. The average Bonchev–Trinajstić information content (AvgIpc) is 2.89. The fraction of sp³-hybridized carbons (Fsp3) is 0.316. The van der Waals surface area contributed by atoms with E-state index in [1.807, 2.05) is 0 Å². The summed E-state index contributed by atoms with van der Waals surface area (Å²) in [6.45, 7) is -0.143. The summed E-state index contributed by atoms with van der Waals surface area (Å²) < 4.78 is 77.0. The molecule has 1 aliphatic rings. The quantitative estimate of drug-likeness (QED) is 0.680. The molecule has 1 saturated heterocycles. The van der Waals surface area contributed by atoms with Crippen LogP contribution in [0.5, 0.6) is 17.2 Å². The van der Waals surface area contributed by atoms with Gasteiger partial charge in [-0.25, -0.2) is 8.42 Å². The highest BCUT2D eigenvalue weighted by Crippen LogP contribution is 2.44. The van der Waals surface area contributed by atoms with E-state index in [1.165, 1.54) is 26.4 Å². The smallest absolute Gasteiger partial charge is 0.496 e. The SMILES string of the molecule is COc1cccc(OC)c1C1N(Cc2ccc(OC(F)(F)F)cc2)C(=O)CS1(=O)=O. The number of alkyl halides is 3. The number of halogens is 3. The first kappa shape index (κ1) is 21.8. The molecule has 11 heteroatoms. The molecule has 0 aromatic heterocycles. The number of ether oxygens (including phenoxy) is 3. The average molecular weight is 445 g/mol. The monoisotopic (exact) mass is 445 g/mol. The van der Waals surface area contributed by atoms with E-state index in [4.69, 9.17) is 9.47 Å². The van der Waals surface area contributed by atoms with Crippen LogP contribution in [0.15, 0.2) is 42.5 Å². The van der Waals surface area contributed by atoms with Crippen LogP contribution >= 0.6 is 0 Å². The molecule has 2 aromatic rings. The number of hydrogen-bond donors (Lipinski definition) is 0. The van der Waals surface area contributed by atoms with Gasteiger partial charge in [-0.15, -0.1) is 13.2 Å². The van der Waals surface area contributed by atoms with Crippen LogP contribution in [0.3, 0.4) is 0 Å². The molecule has 0 bridgehead atoms. The van der Waals surface area contributed by atoms with Crippen LogP contribution in [-0.4, -0.2) is 45.6 Å². The number of sulfone groups is 1. The van der Waals surface area contributed by atoms with Crippen LogP contribution in [0.25, 0.3) is 0 Å². The van der Waals surface area contributed by atoms with E-state index in [-0.39, 0.29) is 23.6 Å². The van der Waals surface area contributed by atoms with Gasteiger partial charge in [0.25, 0.3) is 0 Å². The number of carbonyl (C=O) groups is 1. The van der Waals surface area contributed by atoms with Crippen molar-refractivity contribution in [2.75, 3.05) is 20.0 Å². The molecule has 162 valence electrons. The molecule has 0 N–H and O–H groups in total. The molecular weight excluding hydrogens is 427 g/mol. The molecule has 0 spiro atoms. The van der Waals surface area contributed by atoms with Crippen molar-refractivity contribution in [3.8, 4) is 17.2 Å². The second kappa shape index (κ2) is 8.05. The number of benzene rings is 2. The zero-order valence-electron chi connectivity index (χ0n) is 16.0. The van der Waals surface area contributed by atoms with Crippen molar-refractivity contribution in [2.24, 2.45) is 0 Å². The van der Waals surface area contributed by atoms with Crippen LogP contribution in [-0.2, 0) is 21.2 Å². The first-order valence-electron chi connectivity index (χ1n) is 8.62. The zero-order valence-corrected chi connectivity index (χ0v) is 16.8. The highest BCUT2D eigenvalue weighted by atomic mass is 32.2. The van der Waals surface area contributed by atoms with Gasteiger partial charge in [-0.05, 0) is 29.8 Å². The Hall–Kier alpha value is -2.95. The molecule has 7 nitrogen and oxygen atoms in total. The first-order chi connectivity index (χ1) is 14.1. The van der Waals surface area contributed by atoms with Gasteiger partial charge >= 0.3 is 6.36 Å². The molecule has 1 fully saturated rings. The zero-order chi connectivity index (χ0) is 22.1. The standard InChI is InChI=1S/C19H18F3NO6S/c1-27-14-4-3-5-15(28-2)17(14)18-23(16(24)11-30(18,25)26)10-12-6-8-13(9-7-12)29-19(20,21)22/h3-9,18H,10-11H2,1-2H3. The summed E-state index contributed by atoms with van der Waals surface area (Å²) in [6, 6.07) is 9.57. The van der Waals surface area contributed by atoms with Crippen LogP contribution in [0.1, 0.15) is 16.5 Å². The molecule has 0 aliphatic carbocycles. The molecule has 3 rings (SSSR count). The van der Waals surface area contributed by atoms with Crippen molar-refractivity contribution >= 4 is 15.7 Å². The van der Waals surface area contributed by atoms with Crippen molar-refractivity contribution in [3.05, 3.63) is 53.6 Å². The van der Waals surface area contributed by atoms with E-state index in [0.29, 0.717) is 5.56 Å². The minimum Gasteiger partial charge on any atom is -0.496 e. The van der Waals surface area contributed by atoms with Crippen molar-refractivity contribution < 1.29 is 40.6 Å². The molecular formula is C19H18F3NO6S. The number of carbonyl (C=O) groups excluding carboxylic acids is 1. The van der Waals surface area contributed by atoms with Crippen LogP contribution in [0, 0.1) is 0 Å². The van der Waals surface area contributed by atoms with E-state index in [2.05, 4.69) is 4.74 Å². The van der Waals surface area contributed by atoms with Gasteiger partial charge in [-0.3, -0.25) is 4.79 Å². The molecule has 1 atom stereocenters. The summed E-state index contributed by atoms with van der Waals surface area (Å²) in [5.74, 6) is -1.29. The Kier molecular flexibility index (Phi) is 5.84. The Morgan fingerprint density at radius 2 is 1.60 bits per heavy atom. The molecule has 1 unspecified atom stereocenters. The van der Waals surface area contributed by atoms with Gasteiger partial charge in [0.05, 0.1) is 19.8 Å². The third kappa shape index (κ3) is 4.45. The molecule has 30 heavy (non-hydrogen) atoms. The van der Waals surface area contributed by atoms with Gasteiger partial charge in [0.15, 0.2) is 15.2 Å². The Labute approximate surface area is 170 Å². The molecule has 1 heterocycles. The van der Waals surface area contributed by atoms with Crippen LogP contribution in [0.4, 0.5) is 13.2 Å². The topological polar surface area (TPSA) is 82.1 Å². The van der Waals surface area contributed by atoms with Crippen LogP contribution in [0.2, 0.25) is 0 Å². The number of nitrogens with zero attached hydrogens (tertiary/aromatic N) is 1. The van der Waals surface area contributed by atoms with Crippen molar-refractivity contribution in [3.63, 3.8) is 0 Å². The predicted octanol–water partition coefficient (Wildman–Crippen LogP) is 3.06. The van der Waals surface area contributed by atoms with Gasteiger partial charge in [0.2, 0.25) is 5.91 Å². The van der Waals surface area contributed by atoms with E-state index in [9.17, 15) is 26.4 Å². The van der Waals surface area contributed by atoms with E-state index < -0.39 is 39.0 Å². The lowest BCUT2D eigenvalue weighted by atomic mass is 10.1. The van der Waals surface area contributed by atoms with Gasteiger partial charge in [0, 0.05) is 6.54 Å². The number of rotatable bonds is 6. The summed E-state index contributed by atoms with van der Waals surface area (Å²) in [6.07, 6.45) is -4.83. The van der Waals surface area contributed by atoms with Gasteiger partial charge in [-0.2, -0.15) is 0 Å². The third-order valence-corrected chi connectivity index (χ3v) is 6.31. The largest absolute Gasteiger partial charge is 0.573 e. The Balaban J connectivity index is 1.97. The molecule has 0 saturated carbocycles. The van der Waals surface area contributed by atoms with Gasteiger partial charge in [-0.1, -0.05) is 18.2 Å². The lowest BCUT2D eigenvalue weighted by Crippen LogP contribution is -2.29. The second-order valence-corrected chi connectivity index (χ2v) is 8.51. The van der Waals surface area contributed by atoms with E-state index >= 15 is 0 Å². The minimum atomic E-state index is -4.83. The molecule has 1 amide bonds. The van der Waals surface area contributed by atoms with Crippen molar-refractivity contribution in [1.29, 1.82) is 0 Å². The van der Waals surface area contributed by atoms with Crippen molar-refractivity contribution in [1.82, 2.24) is 4.90 Å². The molecule has 0 radical (unpaired) electrons. The highest BCUT2D eigenvalue weighted by Gasteiger charge is 2.47. The second-order valence-electron chi connectivity index (χ2n) is 6.45. The van der Waals surface area contributed by atoms with E-state index in [1.54, 1.807) is 18.2 Å². The third-order valence-electron chi connectivity index (χ3n) is 4.49. The summed E-state index contributed by atoms with van der Waals surface area (Å²) in [5, 5.41) is -1.36. The lowest BCUT2D eigenvalue weighted by molar-refractivity contribution is -0.274. The summed E-state index contributed by atoms with van der Waals surface area (Å²) in [7, 11) is -1.18. The lowest BCUT2D eigenvalue weighted by Gasteiger charge is -2.26. The van der Waals surface area contributed by atoms with Crippen molar-refractivity contribution in [2.45, 2.75) is 18.3 Å². The number of methoxy groups -OCH3 is 2. The van der Waals surface area contributed by atoms with Gasteiger partial charge < -0.3 is 19.1 Å². The minimum absolute atomic E-state index is 0.143. The highest BCUT2D eigenvalue weighted by molar-refractivity contribution is 7.92. The fourth-order valence-corrected chi connectivity index (χ4v) is 5.12. The molecule has 1 aliphatic heterocycles. The fourth-order valence-electron chi connectivity index (χ4n) is 3.28. The number of hydrogen-bond acceptors (Lipinski definition) is 6. The summed E-state index contributed by atoms with van der Waals surface area (Å²) in [4.78, 5) is 13.7. The Bertz CT molecular complexity index is 1010. The summed E-state index contributed by atoms with van der Waals surface area (Å²) in [5.41, 5.74) is 0.610. The Morgan fingerprint density at radius 1 is 1.03 bits per heavy atom. The van der Waals surface area contributed by atoms with E-state index in [0.717, 1.165) is 17.0 Å². The number of amides is 1. The predicted molar refractivity (Wildman–Crippen MR) is 99.7 cm³/mol.